The molecule has 0 aliphatic rings. The molecule has 0 spiro atoms. The minimum absolute atomic E-state index is 0.0324. The zero-order valence-corrected chi connectivity index (χ0v) is 13.7. The van der Waals surface area contributed by atoms with Crippen LogP contribution in [0, 0.1) is 0 Å². The third kappa shape index (κ3) is 4.16. The van der Waals surface area contributed by atoms with Crippen LogP contribution in [0.25, 0.3) is 10.9 Å². The Morgan fingerprint density at radius 1 is 1.21 bits per heavy atom. The van der Waals surface area contributed by atoms with Gasteiger partial charge in [0.05, 0.1) is 18.2 Å². The summed E-state index contributed by atoms with van der Waals surface area (Å²) in [6, 6.07) is 8.05. The highest BCUT2D eigenvalue weighted by atomic mass is 16.5. The second-order valence-corrected chi connectivity index (χ2v) is 5.36. The number of esters is 1. The SMILES string of the molecule is CCC(=O)CC[C@H](NC(=O)c1cccc2cccnc12)C(=O)OC. The second-order valence-electron chi connectivity index (χ2n) is 5.36. The van der Waals surface area contributed by atoms with Crippen molar-refractivity contribution in [1.82, 2.24) is 10.3 Å². The Morgan fingerprint density at radius 2 is 1.96 bits per heavy atom. The molecule has 1 atom stereocenters. The van der Waals surface area contributed by atoms with E-state index in [0.29, 0.717) is 17.5 Å². The van der Waals surface area contributed by atoms with Gasteiger partial charge in [-0.25, -0.2) is 4.79 Å². The van der Waals surface area contributed by atoms with Crippen LogP contribution in [0.5, 0.6) is 0 Å². The van der Waals surface area contributed by atoms with E-state index in [2.05, 4.69) is 10.3 Å². The van der Waals surface area contributed by atoms with Gasteiger partial charge in [-0.05, 0) is 18.6 Å². The lowest BCUT2D eigenvalue weighted by molar-refractivity contribution is -0.143. The van der Waals surface area contributed by atoms with Crippen LogP contribution in [0.4, 0.5) is 0 Å². The zero-order valence-electron chi connectivity index (χ0n) is 13.7. The lowest BCUT2D eigenvalue weighted by Crippen LogP contribution is -2.42. The van der Waals surface area contributed by atoms with Gasteiger partial charge in [-0.2, -0.15) is 0 Å². The van der Waals surface area contributed by atoms with E-state index in [1.807, 2.05) is 12.1 Å². The van der Waals surface area contributed by atoms with Gasteiger partial charge in [-0.3, -0.25) is 14.6 Å². The lowest BCUT2D eigenvalue weighted by Gasteiger charge is -2.16. The average molecular weight is 328 g/mol. The number of carbonyl (C=O) groups excluding carboxylic acids is 3. The molecule has 0 aliphatic carbocycles. The summed E-state index contributed by atoms with van der Waals surface area (Å²) in [5, 5.41) is 3.48. The molecule has 0 unspecified atom stereocenters. The molecule has 1 heterocycles. The van der Waals surface area contributed by atoms with Crippen LogP contribution in [0.1, 0.15) is 36.5 Å². The second kappa shape index (κ2) is 8.19. The van der Waals surface area contributed by atoms with E-state index in [1.54, 1.807) is 31.3 Å². The van der Waals surface area contributed by atoms with Gasteiger partial charge >= 0.3 is 5.97 Å². The smallest absolute Gasteiger partial charge is 0.328 e. The lowest BCUT2D eigenvalue weighted by atomic mass is 10.1. The van der Waals surface area contributed by atoms with Crippen molar-refractivity contribution in [3.63, 3.8) is 0 Å². The number of nitrogens with one attached hydrogen (secondary N) is 1. The van der Waals surface area contributed by atoms with Crippen molar-refractivity contribution in [3.05, 3.63) is 42.1 Å². The van der Waals surface area contributed by atoms with Crippen LogP contribution in [0.2, 0.25) is 0 Å². The molecule has 2 aromatic rings. The van der Waals surface area contributed by atoms with Gasteiger partial charge in [0.1, 0.15) is 11.8 Å². The third-order valence-corrected chi connectivity index (χ3v) is 3.77. The summed E-state index contributed by atoms with van der Waals surface area (Å²) in [5.41, 5.74) is 0.939. The van der Waals surface area contributed by atoms with Crippen molar-refractivity contribution in [2.45, 2.75) is 32.2 Å². The number of amides is 1. The van der Waals surface area contributed by atoms with E-state index in [0.717, 1.165) is 5.39 Å². The summed E-state index contributed by atoms with van der Waals surface area (Å²) in [7, 11) is 1.25. The minimum Gasteiger partial charge on any atom is -0.467 e. The summed E-state index contributed by atoms with van der Waals surface area (Å²) in [6.07, 6.45) is 2.43. The first-order valence-corrected chi connectivity index (χ1v) is 7.81. The molecule has 2 rings (SSSR count). The Hall–Kier alpha value is -2.76. The fraction of sp³-hybridized carbons (Fsp3) is 0.333. The fourth-order valence-corrected chi connectivity index (χ4v) is 2.40. The summed E-state index contributed by atoms with van der Waals surface area (Å²) in [4.78, 5) is 40.2. The Balaban J connectivity index is 2.19. The van der Waals surface area contributed by atoms with Crippen molar-refractivity contribution in [1.29, 1.82) is 0 Å². The van der Waals surface area contributed by atoms with Gasteiger partial charge in [-0.1, -0.05) is 25.1 Å². The third-order valence-electron chi connectivity index (χ3n) is 3.77. The minimum atomic E-state index is -0.864. The molecule has 24 heavy (non-hydrogen) atoms. The maximum Gasteiger partial charge on any atom is 0.328 e. The Bertz CT molecular complexity index is 752. The number of ether oxygens (including phenoxy) is 1. The Kier molecular flexibility index (Phi) is 6.01. The molecule has 6 heteroatoms. The molecular formula is C18H20N2O4. The van der Waals surface area contributed by atoms with E-state index in [4.69, 9.17) is 4.74 Å². The van der Waals surface area contributed by atoms with Crippen LogP contribution in [0.3, 0.4) is 0 Å². The number of rotatable bonds is 7. The van der Waals surface area contributed by atoms with Crippen molar-refractivity contribution in [2.75, 3.05) is 7.11 Å². The first kappa shape index (κ1) is 17.6. The summed E-state index contributed by atoms with van der Waals surface area (Å²) in [6.45, 7) is 1.76. The standard InChI is InChI=1S/C18H20N2O4/c1-3-13(21)9-10-15(18(23)24-2)20-17(22)14-8-4-6-12-7-5-11-19-16(12)14/h4-8,11,15H,3,9-10H2,1-2H3,(H,20,22)/t15-/m0/s1. The molecule has 0 bridgehead atoms. The fourth-order valence-electron chi connectivity index (χ4n) is 2.40. The topological polar surface area (TPSA) is 85.4 Å². The number of Topliss-reactive ketones (excluding diaryl/α,β-unsaturated/α-hetero) is 1. The molecule has 0 aliphatic heterocycles. The van der Waals surface area contributed by atoms with Crippen LogP contribution < -0.4 is 5.32 Å². The number of aromatic nitrogens is 1. The number of pyridine rings is 1. The highest BCUT2D eigenvalue weighted by molar-refractivity contribution is 6.06. The van der Waals surface area contributed by atoms with E-state index in [9.17, 15) is 14.4 Å². The van der Waals surface area contributed by atoms with Gasteiger partial charge in [0.2, 0.25) is 0 Å². The molecule has 0 saturated carbocycles. The normalized spacial score (nSPS) is 11.8. The Morgan fingerprint density at radius 3 is 2.67 bits per heavy atom. The molecule has 6 nitrogen and oxygen atoms in total. The summed E-state index contributed by atoms with van der Waals surface area (Å²) >= 11 is 0. The van der Waals surface area contributed by atoms with Crippen molar-refractivity contribution in [3.8, 4) is 0 Å². The molecule has 1 aromatic heterocycles. The Labute approximate surface area is 140 Å². The maximum absolute atomic E-state index is 12.6. The number of benzene rings is 1. The van der Waals surface area contributed by atoms with Crippen molar-refractivity contribution < 1.29 is 19.1 Å². The zero-order chi connectivity index (χ0) is 17.5. The molecule has 1 N–H and O–H groups in total. The van der Waals surface area contributed by atoms with Gasteiger partial charge in [0, 0.05) is 24.4 Å². The molecule has 1 aromatic carbocycles. The molecule has 0 saturated heterocycles. The highest BCUT2D eigenvalue weighted by Crippen LogP contribution is 2.16. The van der Waals surface area contributed by atoms with E-state index in [1.165, 1.54) is 7.11 Å². The van der Waals surface area contributed by atoms with E-state index >= 15 is 0 Å². The van der Waals surface area contributed by atoms with Crippen molar-refractivity contribution in [2.24, 2.45) is 0 Å². The monoisotopic (exact) mass is 328 g/mol. The maximum atomic E-state index is 12.6. The number of fused-ring (bicyclic) bond motifs is 1. The van der Waals surface area contributed by atoms with Gasteiger partial charge < -0.3 is 10.1 Å². The number of ketones is 1. The molecule has 1 amide bonds. The number of hydrogen-bond acceptors (Lipinski definition) is 5. The van der Waals surface area contributed by atoms with Crippen LogP contribution in [-0.2, 0) is 14.3 Å². The number of methoxy groups -OCH3 is 1. The number of hydrogen-bond donors (Lipinski definition) is 1. The van der Waals surface area contributed by atoms with Crippen LogP contribution in [0.15, 0.2) is 36.5 Å². The average Bonchev–Trinajstić information content (AvgIpc) is 2.63. The predicted molar refractivity (Wildman–Crippen MR) is 89.5 cm³/mol. The highest BCUT2D eigenvalue weighted by Gasteiger charge is 2.23. The number of nitrogens with zero attached hydrogens (tertiary/aromatic N) is 1. The summed E-state index contributed by atoms with van der Waals surface area (Å²) in [5.74, 6) is -0.955. The predicted octanol–water partition coefficient (Wildman–Crippen LogP) is 2.27. The van der Waals surface area contributed by atoms with Crippen LogP contribution in [-0.4, -0.2) is 35.8 Å². The van der Waals surface area contributed by atoms with E-state index in [-0.39, 0.29) is 18.6 Å². The van der Waals surface area contributed by atoms with Gasteiger partial charge in [-0.15, -0.1) is 0 Å². The molecule has 126 valence electrons. The van der Waals surface area contributed by atoms with Crippen LogP contribution >= 0.6 is 0 Å². The number of carbonyl (C=O) groups is 3. The molecule has 0 fully saturated rings. The molecule has 0 radical (unpaired) electrons. The van der Waals surface area contributed by atoms with Gasteiger partial charge in [0.25, 0.3) is 5.91 Å². The van der Waals surface area contributed by atoms with E-state index < -0.39 is 17.9 Å². The van der Waals surface area contributed by atoms with Crippen molar-refractivity contribution >= 4 is 28.6 Å². The molecular weight excluding hydrogens is 308 g/mol. The largest absolute Gasteiger partial charge is 0.467 e. The van der Waals surface area contributed by atoms with Gasteiger partial charge in [0.15, 0.2) is 0 Å². The first-order valence-electron chi connectivity index (χ1n) is 7.81. The first-order chi connectivity index (χ1) is 11.6. The number of para-hydroxylation sites is 1. The quantitative estimate of drug-likeness (QED) is 0.788. The summed E-state index contributed by atoms with van der Waals surface area (Å²) < 4.78 is 4.72.